The van der Waals surface area contributed by atoms with Crippen LogP contribution in [0.1, 0.15) is 24.4 Å². The van der Waals surface area contributed by atoms with Crippen LogP contribution in [0.4, 0.5) is 13.2 Å². The predicted octanol–water partition coefficient (Wildman–Crippen LogP) is 3.25. The van der Waals surface area contributed by atoms with Gasteiger partial charge in [0.1, 0.15) is 0 Å². The lowest BCUT2D eigenvalue weighted by atomic mass is 10.1. The van der Waals surface area contributed by atoms with Gasteiger partial charge in [-0.25, -0.2) is 0 Å². The fraction of sp³-hybridized carbons (Fsp3) is 0.364. The third kappa shape index (κ3) is 3.39. The van der Waals surface area contributed by atoms with Gasteiger partial charge in [0.25, 0.3) is 0 Å². The van der Waals surface area contributed by atoms with E-state index < -0.39 is 5.51 Å². The molecule has 17 heavy (non-hydrogen) atoms. The zero-order chi connectivity index (χ0) is 12.5. The quantitative estimate of drug-likeness (QED) is 0.828. The Balaban J connectivity index is 2.05. The first-order chi connectivity index (χ1) is 7.94. The summed E-state index contributed by atoms with van der Waals surface area (Å²) in [6.07, 6.45) is 1.17. The van der Waals surface area contributed by atoms with Crippen LogP contribution in [-0.2, 0) is 4.79 Å². The zero-order valence-electron chi connectivity index (χ0n) is 8.75. The standard InChI is InChI=1S/C11H10F3NOS/c12-11(13,14)17-8-3-1-7(2-4-8)9-5-6-10(16)15-9/h1-4,9H,5-6H2,(H,15,16). The summed E-state index contributed by atoms with van der Waals surface area (Å²) in [5.41, 5.74) is -3.41. The number of alkyl halides is 3. The second-order valence-corrected chi connectivity index (χ2v) is 4.91. The van der Waals surface area contributed by atoms with E-state index in [0.717, 1.165) is 5.56 Å². The average Bonchev–Trinajstić information content (AvgIpc) is 2.63. The highest BCUT2D eigenvalue weighted by Crippen LogP contribution is 2.37. The van der Waals surface area contributed by atoms with E-state index in [-0.39, 0.29) is 28.6 Å². The van der Waals surface area contributed by atoms with Gasteiger partial charge >= 0.3 is 5.51 Å². The molecule has 1 fully saturated rings. The summed E-state index contributed by atoms with van der Waals surface area (Å²) in [4.78, 5) is 11.2. The van der Waals surface area contributed by atoms with Gasteiger partial charge in [-0.3, -0.25) is 4.79 Å². The fourth-order valence-electron chi connectivity index (χ4n) is 1.77. The number of thioether (sulfide) groups is 1. The third-order valence-corrected chi connectivity index (χ3v) is 3.25. The summed E-state index contributed by atoms with van der Waals surface area (Å²) < 4.78 is 36.3. The summed E-state index contributed by atoms with van der Waals surface area (Å²) in [6, 6.07) is 6.05. The van der Waals surface area contributed by atoms with Crippen molar-refractivity contribution in [1.29, 1.82) is 0 Å². The smallest absolute Gasteiger partial charge is 0.349 e. The highest BCUT2D eigenvalue weighted by molar-refractivity contribution is 8.00. The Hall–Kier alpha value is -1.17. The molecule has 1 unspecified atom stereocenters. The van der Waals surface area contributed by atoms with Crippen LogP contribution in [0.25, 0.3) is 0 Å². The monoisotopic (exact) mass is 261 g/mol. The summed E-state index contributed by atoms with van der Waals surface area (Å²) >= 11 is -0.135. The number of hydrogen-bond acceptors (Lipinski definition) is 2. The molecular formula is C11H10F3NOS. The van der Waals surface area contributed by atoms with Gasteiger partial charge in [0.2, 0.25) is 5.91 Å². The predicted molar refractivity (Wildman–Crippen MR) is 58.5 cm³/mol. The molecule has 0 saturated carbocycles. The van der Waals surface area contributed by atoms with Crippen LogP contribution >= 0.6 is 11.8 Å². The molecule has 1 N–H and O–H groups in total. The number of halogens is 3. The summed E-state index contributed by atoms with van der Waals surface area (Å²) in [5.74, 6) is -0.0104. The van der Waals surface area contributed by atoms with Gasteiger partial charge in [-0.1, -0.05) is 12.1 Å². The molecule has 1 aromatic rings. The number of amides is 1. The molecule has 0 aliphatic carbocycles. The average molecular weight is 261 g/mol. The Labute approximate surface area is 101 Å². The molecule has 0 spiro atoms. The molecule has 1 heterocycles. The highest BCUT2D eigenvalue weighted by Gasteiger charge is 2.29. The second kappa shape index (κ2) is 4.60. The molecule has 1 atom stereocenters. The van der Waals surface area contributed by atoms with Crippen LogP contribution in [0.5, 0.6) is 0 Å². The molecule has 1 aliphatic rings. The number of rotatable bonds is 2. The van der Waals surface area contributed by atoms with Crippen molar-refractivity contribution in [3.05, 3.63) is 29.8 Å². The van der Waals surface area contributed by atoms with Crippen LogP contribution in [0, 0.1) is 0 Å². The van der Waals surface area contributed by atoms with Crippen LogP contribution in [-0.4, -0.2) is 11.4 Å². The maximum Gasteiger partial charge on any atom is 0.446 e. The number of carbonyl (C=O) groups is 1. The van der Waals surface area contributed by atoms with Crippen LogP contribution in [0.3, 0.4) is 0 Å². The number of carbonyl (C=O) groups excluding carboxylic acids is 1. The summed E-state index contributed by atoms with van der Waals surface area (Å²) in [7, 11) is 0. The van der Waals surface area contributed by atoms with Crippen molar-refractivity contribution in [3.8, 4) is 0 Å². The minimum atomic E-state index is -4.26. The number of hydrogen-bond donors (Lipinski definition) is 1. The lowest BCUT2D eigenvalue weighted by Crippen LogP contribution is -2.18. The third-order valence-electron chi connectivity index (χ3n) is 2.51. The molecule has 0 radical (unpaired) electrons. The van der Waals surface area contributed by atoms with Crippen molar-refractivity contribution in [2.75, 3.05) is 0 Å². The first-order valence-electron chi connectivity index (χ1n) is 5.09. The number of nitrogens with one attached hydrogen (secondary N) is 1. The normalized spacial score (nSPS) is 20.4. The molecule has 1 aromatic carbocycles. The SMILES string of the molecule is O=C1CCC(c2ccc(SC(F)(F)F)cc2)N1. The summed E-state index contributed by atoms with van der Waals surface area (Å²) in [5, 5.41) is 2.77. The lowest BCUT2D eigenvalue weighted by Gasteiger charge is -2.11. The van der Waals surface area contributed by atoms with Crippen LogP contribution < -0.4 is 5.32 Å². The topological polar surface area (TPSA) is 29.1 Å². The molecule has 1 amide bonds. The highest BCUT2D eigenvalue weighted by atomic mass is 32.2. The van der Waals surface area contributed by atoms with Gasteiger partial charge in [0.15, 0.2) is 0 Å². The maximum absolute atomic E-state index is 12.1. The Kier molecular flexibility index (Phi) is 3.33. The van der Waals surface area contributed by atoms with Gasteiger partial charge in [-0.2, -0.15) is 13.2 Å². The van der Waals surface area contributed by atoms with Crippen molar-refractivity contribution in [2.24, 2.45) is 0 Å². The lowest BCUT2D eigenvalue weighted by molar-refractivity contribution is -0.119. The van der Waals surface area contributed by atoms with E-state index in [4.69, 9.17) is 0 Å². The van der Waals surface area contributed by atoms with Crippen molar-refractivity contribution < 1.29 is 18.0 Å². The van der Waals surface area contributed by atoms with Gasteiger partial charge in [0, 0.05) is 11.3 Å². The van der Waals surface area contributed by atoms with Gasteiger partial charge in [-0.15, -0.1) is 0 Å². The van der Waals surface area contributed by atoms with E-state index in [1.165, 1.54) is 12.1 Å². The molecule has 1 aliphatic heterocycles. The second-order valence-electron chi connectivity index (χ2n) is 3.78. The minimum absolute atomic E-state index is 0.0104. The molecule has 92 valence electrons. The molecule has 1 saturated heterocycles. The van der Waals surface area contributed by atoms with Crippen LogP contribution in [0.2, 0.25) is 0 Å². The van der Waals surface area contributed by atoms with E-state index in [1.807, 2.05) is 0 Å². The van der Waals surface area contributed by atoms with E-state index in [9.17, 15) is 18.0 Å². The van der Waals surface area contributed by atoms with Gasteiger partial charge in [0.05, 0.1) is 6.04 Å². The first-order valence-corrected chi connectivity index (χ1v) is 5.91. The Morgan fingerprint density at radius 3 is 2.35 bits per heavy atom. The zero-order valence-corrected chi connectivity index (χ0v) is 9.57. The van der Waals surface area contributed by atoms with Crippen molar-refractivity contribution in [3.63, 3.8) is 0 Å². The first kappa shape index (κ1) is 12.3. The Bertz CT molecular complexity index is 416. The van der Waals surface area contributed by atoms with Gasteiger partial charge < -0.3 is 5.32 Å². The van der Waals surface area contributed by atoms with Crippen molar-refractivity contribution >= 4 is 17.7 Å². The molecule has 6 heteroatoms. The molecule has 0 aromatic heterocycles. The summed E-state index contributed by atoms with van der Waals surface area (Å²) in [6.45, 7) is 0. The Morgan fingerprint density at radius 2 is 1.88 bits per heavy atom. The van der Waals surface area contributed by atoms with Gasteiger partial charge in [-0.05, 0) is 35.9 Å². The van der Waals surface area contributed by atoms with E-state index in [1.54, 1.807) is 12.1 Å². The van der Waals surface area contributed by atoms with E-state index in [2.05, 4.69) is 5.32 Å². The minimum Gasteiger partial charge on any atom is -0.349 e. The molecular weight excluding hydrogens is 251 g/mol. The van der Waals surface area contributed by atoms with Crippen molar-refractivity contribution in [1.82, 2.24) is 5.32 Å². The molecule has 2 rings (SSSR count). The molecule has 0 bridgehead atoms. The van der Waals surface area contributed by atoms with E-state index >= 15 is 0 Å². The Morgan fingerprint density at radius 1 is 1.24 bits per heavy atom. The fourth-order valence-corrected chi connectivity index (χ4v) is 2.31. The van der Waals surface area contributed by atoms with Crippen LogP contribution in [0.15, 0.2) is 29.2 Å². The van der Waals surface area contributed by atoms with E-state index in [0.29, 0.717) is 12.8 Å². The largest absolute Gasteiger partial charge is 0.446 e. The molecule has 2 nitrogen and oxygen atoms in total. The maximum atomic E-state index is 12.1. The number of benzene rings is 1. The van der Waals surface area contributed by atoms with Crippen molar-refractivity contribution in [2.45, 2.75) is 29.3 Å².